The van der Waals surface area contributed by atoms with E-state index < -0.39 is 0 Å². The molecule has 0 atom stereocenters. The van der Waals surface area contributed by atoms with Crippen molar-refractivity contribution in [1.29, 1.82) is 0 Å². The number of fused-ring (bicyclic) bond motifs is 1. The van der Waals surface area contributed by atoms with Crippen molar-refractivity contribution >= 4 is 17.2 Å². The summed E-state index contributed by atoms with van der Waals surface area (Å²) in [5.74, 6) is 1.09. The molecule has 2 heterocycles. The first kappa shape index (κ1) is 17.7. The van der Waals surface area contributed by atoms with Crippen LogP contribution in [0.1, 0.15) is 23.1 Å². The molecular formula is C21H19N5O2. The summed E-state index contributed by atoms with van der Waals surface area (Å²) in [6, 6.07) is 18.5. The molecule has 1 amide bonds. The second-order valence-electron chi connectivity index (χ2n) is 6.20. The number of anilines is 1. The number of carbonyl (C=O) groups is 1. The summed E-state index contributed by atoms with van der Waals surface area (Å²) in [5, 5.41) is 15.5. The molecule has 0 unspecified atom stereocenters. The van der Waals surface area contributed by atoms with Gasteiger partial charge in [-0.25, -0.2) is 0 Å². The lowest BCUT2D eigenvalue weighted by Gasteiger charge is -2.11. The van der Waals surface area contributed by atoms with E-state index in [0.717, 1.165) is 17.1 Å². The van der Waals surface area contributed by atoms with Crippen LogP contribution >= 0.6 is 0 Å². The van der Waals surface area contributed by atoms with Crippen molar-refractivity contribution in [2.24, 2.45) is 0 Å². The summed E-state index contributed by atoms with van der Waals surface area (Å²) < 4.78 is 7.23. The number of para-hydroxylation sites is 1. The van der Waals surface area contributed by atoms with Crippen molar-refractivity contribution in [3.8, 4) is 17.0 Å². The maximum Gasteiger partial charge on any atom is 0.259 e. The Kier molecular flexibility index (Phi) is 4.72. The van der Waals surface area contributed by atoms with Gasteiger partial charge in [-0.1, -0.05) is 24.3 Å². The SMILES string of the molecule is CCOc1ccccc1C(=O)Nc1ccc(-c2ccc3nnc(C)n3n2)cc1. The number of ether oxygens (including phenoxy) is 1. The summed E-state index contributed by atoms with van der Waals surface area (Å²) >= 11 is 0. The molecule has 0 radical (unpaired) electrons. The van der Waals surface area contributed by atoms with Gasteiger partial charge in [0.05, 0.1) is 17.9 Å². The minimum Gasteiger partial charge on any atom is -0.493 e. The topological polar surface area (TPSA) is 81.4 Å². The number of amides is 1. The van der Waals surface area contributed by atoms with E-state index in [0.29, 0.717) is 29.3 Å². The Morgan fingerprint density at radius 1 is 1.04 bits per heavy atom. The fraction of sp³-hybridized carbons (Fsp3) is 0.143. The zero-order chi connectivity index (χ0) is 19.5. The summed E-state index contributed by atoms with van der Waals surface area (Å²) in [4.78, 5) is 12.6. The van der Waals surface area contributed by atoms with E-state index in [9.17, 15) is 4.79 Å². The second-order valence-corrected chi connectivity index (χ2v) is 6.20. The van der Waals surface area contributed by atoms with Gasteiger partial charge in [0.15, 0.2) is 11.5 Å². The molecule has 2 aromatic heterocycles. The predicted octanol–water partition coefficient (Wildman–Crippen LogP) is 3.75. The number of aromatic nitrogens is 4. The summed E-state index contributed by atoms with van der Waals surface area (Å²) in [6.07, 6.45) is 0. The number of aryl methyl sites for hydroxylation is 1. The molecule has 7 nitrogen and oxygen atoms in total. The largest absolute Gasteiger partial charge is 0.493 e. The fourth-order valence-electron chi connectivity index (χ4n) is 2.91. The van der Waals surface area contributed by atoms with Crippen LogP contribution in [0, 0.1) is 6.92 Å². The average molecular weight is 373 g/mol. The first-order chi connectivity index (χ1) is 13.7. The zero-order valence-electron chi connectivity index (χ0n) is 15.6. The molecule has 0 bridgehead atoms. The Morgan fingerprint density at radius 2 is 1.82 bits per heavy atom. The highest BCUT2D eigenvalue weighted by Crippen LogP contribution is 2.22. The van der Waals surface area contributed by atoms with Crippen LogP contribution in [0.4, 0.5) is 5.69 Å². The van der Waals surface area contributed by atoms with Gasteiger partial charge in [-0.15, -0.1) is 10.2 Å². The number of nitrogens with zero attached hydrogens (tertiary/aromatic N) is 4. The van der Waals surface area contributed by atoms with Gasteiger partial charge in [0.2, 0.25) is 0 Å². The second kappa shape index (κ2) is 7.48. The normalized spacial score (nSPS) is 10.8. The summed E-state index contributed by atoms with van der Waals surface area (Å²) in [5.41, 5.74) is 3.64. The summed E-state index contributed by atoms with van der Waals surface area (Å²) in [7, 11) is 0. The van der Waals surface area contributed by atoms with Crippen LogP contribution < -0.4 is 10.1 Å². The number of benzene rings is 2. The minimum absolute atomic E-state index is 0.212. The highest BCUT2D eigenvalue weighted by Gasteiger charge is 2.12. The number of carbonyl (C=O) groups excluding carboxylic acids is 1. The molecule has 0 aliphatic heterocycles. The average Bonchev–Trinajstić information content (AvgIpc) is 3.09. The Bertz CT molecular complexity index is 1140. The molecule has 0 spiro atoms. The van der Waals surface area contributed by atoms with E-state index in [1.54, 1.807) is 16.6 Å². The van der Waals surface area contributed by atoms with Gasteiger partial charge >= 0.3 is 0 Å². The van der Waals surface area contributed by atoms with Gasteiger partial charge in [-0.05, 0) is 50.2 Å². The molecule has 0 saturated heterocycles. The number of rotatable bonds is 5. The third kappa shape index (κ3) is 3.42. The Balaban J connectivity index is 1.54. The lowest BCUT2D eigenvalue weighted by molar-refractivity contribution is 0.102. The van der Waals surface area contributed by atoms with Crippen molar-refractivity contribution in [2.45, 2.75) is 13.8 Å². The number of nitrogens with one attached hydrogen (secondary N) is 1. The van der Waals surface area contributed by atoms with E-state index in [1.807, 2.05) is 62.4 Å². The molecule has 140 valence electrons. The monoisotopic (exact) mass is 373 g/mol. The highest BCUT2D eigenvalue weighted by molar-refractivity contribution is 6.06. The summed E-state index contributed by atoms with van der Waals surface area (Å²) in [6.45, 7) is 4.25. The van der Waals surface area contributed by atoms with Crippen molar-refractivity contribution in [3.05, 3.63) is 72.1 Å². The van der Waals surface area contributed by atoms with E-state index in [-0.39, 0.29) is 5.91 Å². The molecule has 1 N–H and O–H groups in total. The molecule has 0 aliphatic carbocycles. The Labute approximate surface area is 162 Å². The van der Waals surface area contributed by atoms with Gasteiger partial charge < -0.3 is 10.1 Å². The number of hydrogen-bond donors (Lipinski definition) is 1. The van der Waals surface area contributed by atoms with E-state index >= 15 is 0 Å². The van der Waals surface area contributed by atoms with Crippen LogP contribution in [0.25, 0.3) is 16.9 Å². The van der Waals surface area contributed by atoms with Crippen LogP contribution in [0.15, 0.2) is 60.7 Å². The fourth-order valence-corrected chi connectivity index (χ4v) is 2.91. The highest BCUT2D eigenvalue weighted by atomic mass is 16.5. The molecule has 0 fully saturated rings. The maximum atomic E-state index is 12.6. The molecule has 4 rings (SSSR count). The predicted molar refractivity (Wildman–Crippen MR) is 107 cm³/mol. The third-order valence-electron chi connectivity index (χ3n) is 4.29. The van der Waals surface area contributed by atoms with Crippen LogP contribution in [-0.2, 0) is 0 Å². The Morgan fingerprint density at radius 3 is 2.61 bits per heavy atom. The van der Waals surface area contributed by atoms with E-state index in [4.69, 9.17) is 4.74 Å². The van der Waals surface area contributed by atoms with E-state index in [1.165, 1.54) is 0 Å². The van der Waals surface area contributed by atoms with Crippen molar-refractivity contribution in [3.63, 3.8) is 0 Å². The standard InChI is InChI=1S/C21H19N5O2/c1-3-28-19-7-5-4-6-17(19)21(27)22-16-10-8-15(9-11-16)18-12-13-20-24-23-14(2)26(20)25-18/h4-13H,3H2,1-2H3,(H,22,27). The first-order valence-corrected chi connectivity index (χ1v) is 8.98. The van der Waals surface area contributed by atoms with Gasteiger partial charge in [0.25, 0.3) is 5.91 Å². The van der Waals surface area contributed by atoms with E-state index in [2.05, 4.69) is 20.6 Å². The molecule has 0 saturated carbocycles. The maximum absolute atomic E-state index is 12.6. The minimum atomic E-state index is -0.212. The molecule has 28 heavy (non-hydrogen) atoms. The first-order valence-electron chi connectivity index (χ1n) is 8.98. The lowest BCUT2D eigenvalue weighted by Crippen LogP contribution is -2.13. The smallest absolute Gasteiger partial charge is 0.259 e. The van der Waals surface area contributed by atoms with Gasteiger partial charge in [0.1, 0.15) is 5.75 Å². The molecule has 7 heteroatoms. The molecule has 0 aliphatic rings. The van der Waals surface area contributed by atoms with Crippen molar-refractivity contribution in [2.75, 3.05) is 11.9 Å². The number of hydrogen-bond acceptors (Lipinski definition) is 5. The van der Waals surface area contributed by atoms with Gasteiger partial charge in [0, 0.05) is 11.3 Å². The van der Waals surface area contributed by atoms with Crippen LogP contribution in [0.5, 0.6) is 5.75 Å². The molecule has 2 aromatic carbocycles. The van der Waals surface area contributed by atoms with Gasteiger partial charge in [-0.3, -0.25) is 4.79 Å². The third-order valence-corrected chi connectivity index (χ3v) is 4.29. The van der Waals surface area contributed by atoms with Gasteiger partial charge in [-0.2, -0.15) is 9.61 Å². The molecular weight excluding hydrogens is 354 g/mol. The molecule has 4 aromatic rings. The quantitative estimate of drug-likeness (QED) is 0.576. The van der Waals surface area contributed by atoms with Crippen molar-refractivity contribution < 1.29 is 9.53 Å². The van der Waals surface area contributed by atoms with Crippen LogP contribution in [0.3, 0.4) is 0 Å². The van der Waals surface area contributed by atoms with Crippen LogP contribution in [0.2, 0.25) is 0 Å². The zero-order valence-corrected chi connectivity index (χ0v) is 15.6. The lowest BCUT2D eigenvalue weighted by atomic mass is 10.1. The van der Waals surface area contributed by atoms with Crippen molar-refractivity contribution in [1.82, 2.24) is 19.8 Å². The van der Waals surface area contributed by atoms with Crippen LogP contribution in [-0.4, -0.2) is 32.3 Å². The Hall–Kier alpha value is -3.74.